The lowest BCUT2D eigenvalue weighted by Gasteiger charge is -2.42. The summed E-state index contributed by atoms with van der Waals surface area (Å²) in [6.07, 6.45) is 6.62. The maximum Gasteiger partial charge on any atom is 0.00940 e. The molecule has 0 aromatic rings. The number of piperidine rings is 1. The summed E-state index contributed by atoms with van der Waals surface area (Å²) < 4.78 is 0. The minimum Gasteiger partial charge on any atom is -0.314 e. The van der Waals surface area contributed by atoms with E-state index >= 15 is 0 Å². The van der Waals surface area contributed by atoms with Crippen molar-refractivity contribution in [2.45, 2.75) is 84.8 Å². The van der Waals surface area contributed by atoms with Crippen LogP contribution in [0.3, 0.4) is 0 Å². The summed E-state index contributed by atoms with van der Waals surface area (Å²) in [5.41, 5.74) is 0. The largest absolute Gasteiger partial charge is 0.314 e. The molecule has 0 aliphatic carbocycles. The zero-order valence-electron chi connectivity index (χ0n) is 13.2. The minimum atomic E-state index is 0.746. The van der Waals surface area contributed by atoms with Gasteiger partial charge in [-0.1, -0.05) is 20.8 Å². The van der Waals surface area contributed by atoms with Gasteiger partial charge in [0.05, 0.1) is 0 Å². The van der Waals surface area contributed by atoms with Crippen molar-refractivity contribution in [1.82, 2.24) is 10.2 Å². The Morgan fingerprint density at radius 3 is 2.50 bits per heavy atom. The Bertz CT molecular complexity index is 215. The molecule has 1 heterocycles. The maximum atomic E-state index is 3.68. The van der Waals surface area contributed by atoms with E-state index in [0.29, 0.717) is 0 Å². The highest BCUT2D eigenvalue weighted by Gasteiger charge is 2.27. The monoisotopic (exact) mass is 254 g/mol. The van der Waals surface area contributed by atoms with Crippen LogP contribution in [0.15, 0.2) is 0 Å². The third kappa shape index (κ3) is 5.27. The van der Waals surface area contributed by atoms with Gasteiger partial charge in [-0.2, -0.15) is 0 Å². The average Bonchev–Trinajstić information content (AvgIpc) is 2.33. The fourth-order valence-electron chi connectivity index (χ4n) is 3.12. The van der Waals surface area contributed by atoms with Crippen molar-refractivity contribution in [3.63, 3.8) is 0 Å². The van der Waals surface area contributed by atoms with Gasteiger partial charge in [-0.05, 0) is 58.4 Å². The van der Waals surface area contributed by atoms with Gasteiger partial charge in [-0.3, -0.25) is 4.90 Å². The van der Waals surface area contributed by atoms with Crippen LogP contribution < -0.4 is 5.32 Å². The van der Waals surface area contributed by atoms with Gasteiger partial charge in [0.15, 0.2) is 0 Å². The van der Waals surface area contributed by atoms with Gasteiger partial charge >= 0.3 is 0 Å². The molecule has 1 saturated heterocycles. The molecule has 2 heteroatoms. The highest BCUT2D eigenvalue weighted by Crippen LogP contribution is 2.22. The molecule has 0 aromatic carbocycles. The number of likely N-dealkylation sites (tertiary alicyclic amines) is 1. The van der Waals surface area contributed by atoms with E-state index in [2.05, 4.69) is 44.8 Å². The summed E-state index contributed by atoms with van der Waals surface area (Å²) in [5.74, 6) is 0.839. The molecule has 1 fully saturated rings. The predicted octanol–water partition coefficient (Wildman–Crippen LogP) is 3.66. The van der Waals surface area contributed by atoms with Crippen molar-refractivity contribution >= 4 is 0 Å². The Labute approximate surface area is 115 Å². The van der Waals surface area contributed by atoms with Gasteiger partial charge < -0.3 is 5.32 Å². The first kappa shape index (κ1) is 16.0. The van der Waals surface area contributed by atoms with Crippen LogP contribution in [-0.4, -0.2) is 36.1 Å². The van der Waals surface area contributed by atoms with E-state index in [-0.39, 0.29) is 0 Å². The number of rotatable bonds is 7. The highest BCUT2D eigenvalue weighted by molar-refractivity contribution is 4.85. The molecule has 2 nitrogen and oxygen atoms in total. The van der Waals surface area contributed by atoms with Gasteiger partial charge in [0, 0.05) is 24.7 Å². The third-order valence-electron chi connectivity index (χ3n) is 4.34. The lowest BCUT2D eigenvalue weighted by atomic mass is 9.94. The molecular weight excluding hydrogens is 220 g/mol. The second-order valence-corrected chi connectivity index (χ2v) is 6.58. The summed E-state index contributed by atoms with van der Waals surface area (Å²) in [7, 11) is 0. The fraction of sp³-hybridized carbons (Fsp3) is 1.00. The lowest BCUT2D eigenvalue weighted by Crippen LogP contribution is -2.50. The van der Waals surface area contributed by atoms with Crippen molar-refractivity contribution < 1.29 is 0 Å². The van der Waals surface area contributed by atoms with Crippen molar-refractivity contribution in [2.75, 3.05) is 13.1 Å². The van der Waals surface area contributed by atoms with Crippen LogP contribution in [0.1, 0.15) is 66.7 Å². The summed E-state index contributed by atoms with van der Waals surface area (Å²) in [5, 5.41) is 3.68. The Morgan fingerprint density at radius 1 is 1.22 bits per heavy atom. The SMILES string of the molecule is CCCNC1CCN(C(C)CCC(C)C)C(C)C1. The van der Waals surface area contributed by atoms with Crippen LogP contribution in [0.25, 0.3) is 0 Å². The number of hydrogen-bond acceptors (Lipinski definition) is 2. The highest BCUT2D eigenvalue weighted by atomic mass is 15.2. The normalized spacial score (nSPS) is 27.7. The second kappa shape index (κ2) is 8.16. The zero-order valence-corrected chi connectivity index (χ0v) is 13.2. The van der Waals surface area contributed by atoms with Crippen LogP contribution >= 0.6 is 0 Å². The molecule has 0 saturated carbocycles. The molecule has 3 unspecified atom stereocenters. The van der Waals surface area contributed by atoms with Crippen molar-refractivity contribution in [1.29, 1.82) is 0 Å². The molecule has 1 rings (SSSR count). The van der Waals surface area contributed by atoms with Crippen LogP contribution in [0.2, 0.25) is 0 Å². The van der Waals surface area contributed by atoms with E-state index in [4.69, 9.17) is 0 Å². The van der Waals surface area contributed by atoms with E-state index in [1.54, 1.807) is 0 Å². The first-order valence-corrected chi connectivity index (χ1v) is 8.03. The molecule has 1 N–H and O–H groups in total. The van der Waals surface area contributed by atoms with E-state index in [0.717, 1.165) is 24.0 Å². The predicted molar refractivity (Wildman–Crippen MR) is 81.0 cm³/mol. The summed E-state index contributed by atoms with van der Waals surface area (Å²) in [6, 6.07) is 2.26. The fourth-order valence-corrected chi connectivity index (χ4v) is 3.12. The molecule has 0 radical (unpaired) electrons. The van der Waals surface area contributed by atoms with Crippen molar-refractivity contribution in [3.8, 4) is 0 Å². The van der Waals surface area contributed by atoms with Crippen LogP contribution in [0.5, 0.6) is 0 Å². The van der Waals surface area contributed by atoms with Crippen LogP contribution in [0, 0.1) is 5.92 Å². The van der Waals surface area contributed by atoms with Crippen LogP contribution in [-0.2, 0) is 0 Å². The Balaban J connectivity index is 2.32. The van der Waals surface area contributed by atoms with E-state index in [1.807, 2.05) is 0 Å². The number of nitrogens with zero attached hydrogens (tertiary/aromatic N) is 1. The van der Waals surface area contributed by atoms with Gasteiger partial charge in [0.2, 0.25) is 0 Å². The molecule has 1 aliphatic rings. The average molecular weight is 254 g/mol. The first-order valence-electron chi connectivity index (χ1n) is 8.03. The Kier molecular flexibility index (Phi) is 7.25. The molecule has 0 spiro atoms. The molecule has 0 amide bonds. The van der Waals surface area contributed by atoms with Gasteiger partial charge in [0.1, 0.15) is 0 Å². The lowest BCUT2D eigenvalue weighted by molar-refractivity contribution is 0.0886. The van der Waals surface area contributed by atoms with E-state index in [9.17, 15) is 0 Å². The molecule has 0 bridgehead atoms. The summed E-state index contributed by atoms with van der Waals surface area (Å²) in [6.45, 7) is 14.2. The summed E-state index contributed by atoms with van der Waals surface area (Å²) in [4.78, 5) is 2.73. The molecule has 108 valence electrons. The first-order chi connectivity index (χ1) is 8.54. The second-order valence-electron chi connectivity index (χ2n) is 6.58. The smallest absolute Gasteiger partial charge is 0.00940 e. The molecule has 3 atom stereocenters. The Hall–Kier alpha value is -0.0800. The quantitative estimate of drug-likeness (QED) is 0.746. The van der Waals surface area contributed by atoms with Gasteiger partial charge in [-0.15, -0.1) is 0 Å². The summed E-state index contributed by atoms with van der Waals surface area (Å²) >= 11 is 0. The third-order valence-corrected chi connectivity index (χ3v) is 4.34. The van der Waals surface area contributed by atoms with Crippen LogP contribution in [0.4, 0.5) is 0 Å². The topological polar surface area (TPSA) is 15.3 Å². The maximum absolute atomic E-state index is 3.68. The minimum absolute atomic E-state index is 0.746. The van der Waals surface area contributed by atoms with E-state index < -0.39 is 0 Å². The molecular formula is C16H34N2. The number of hydrogen-bond donors (Lipinski definition) is 1. The van der Waals surface area contributed by atoms with Gasteiger partial charge in [-0.25, -0.2) is 0 Å². The molecule has 0 aromatic heterocycles. The standard InChI is InChI=1S/C16H34N2/c1-6-10-17-16-9-11-18(15(5)12-16)14(4)8-7-13(2)3/h13-17H,6-12H2,1-5H3. The zero-order chi connectivity index (χ0) is 13.5. The van der Waals surface area contributed by atoms with Crippen molar-refractivity contribution in [2.24, 2.45) is 5.92 Å². The molecule has 1 aliphatic heterocycles. The molecule has 18 heavy (non-hydrogen) atoms. The van der Waals surface area contributed by atoms with Gasteiger partial charge in [0.25, 0.3) is 0 Å². The Morgan fingerprint density at radius 2 is 1.94 bits per heavy atom. The van der Waals surface area contributed by atoms with Crippen molar-refractivity contribution in [3.05, 3.63) is 0 Å². The van der Waals surface area contributed by atoms with E-state index in [1.165, 1.54) is 45.2 Å². The number of nitrogens with one attached hydrogen (secondary N) is 1.